The van der Waals surface area contributed by atoms with E-state index in [1.807, 2.05) is 0 Å². The summed E-state index contributed by atoms with van der Waals surface area (Å²) in [6, 6.07) is 3.93. The lowest BCUT2D eigenvalue weighted by Gasteiger charge is -2.27. The molecule has 1 heterocycles. The van der Waals surface area contributed by atoms with Gasteiger partial charge in [0.05, 0.1) is 18.2 Å². The Kier molecular flexibility index (Phi) is 6.03. The molecule has 1 aliphatic heterocycles. The lowest BCUT2D eigenvalue weighted by Crippen LogP contribution is -2.32. The van der Waals surface area contributed by atoms with Crippen LogP contribution in [-0.4, -0.2) is 53.7 Å². The average Bonchev–Trinajstić information content (AvgIpc) is 2.82. The van der Waals surface area contributed by atoms with Crippen molar-refractivity contribution in [2.75, 3.05) is 26.9 Å². The second-order valence-corrected chi connectivity index (χ2v) is 5.73. The molecular weight excluding hydrogens is 326 g/mol. The smallest absolute Gasteiger partial charge is 0.290 e. The normalized spacial score (nSPS) is 17.3. The number of rotatable bonds is 8. The van der Waals surface area contributed by atoms with Crippen molar-refractivity contribution in [1.82, 2.24) is 4.90 Å². The topological polar surface area (TPSA) is 96.3 Å². The fourth-order valence-corrected chi connectivity index (χ4v) is 2.94. The number of aliphatic hydroxyl groups is 1. The lowest BCUT2D eigenvalue weighted by molar-refractivity contribution is -0.129. The summed E-state index contributed by atoms with van der Waals surface area (Å²) in [4.78, 5) is 25.9. The summed E-state index contributed by atoms with van der Waals surface area (Å²) >= 11 is 0. The highest BCUT2D eigenvalue weighted by molar-refractivity contribution is 6.08. The van der Waals surface area contributed by atoms with Crippen LogP contribution in [0.4, 0.5) is 0 Å². The highest BCUT2D eigenvalue weighted by Crippen LogP contribution is 2.40. The van der Waals surface area contributed by atoms with E-state index in [0.29, 0.717) is 31.7 Å². The van der Waals surface area contributed by atoms with E-state index in [9.17, 15) is 19.8 Å². The van der Waals surface area contributed by atoms with Gasteiger partial charge in [0.1, 0.15) is 0 Å². The molecule has 1 atom stereocenters. The number of aliphatic hydroxyl groups excluding tert-OH is 1. The van der Waals surface area contributed by atoms with Crippen LogP contribution in [0.25, 0.3) is 0 Å². The summed E-state index contributed by atoms with van der Waals surface area (Å²) < 4.78 is 10.4. The Hall–Kier alpha value is -2.54. The molecule has 1 amide bonds. The third kappa shape index (κ3) is 3.76. The molecule has 1 aliphatic rings. The van der Waals surface area contributed by atoms with Gasteiger partial charge in [-0.05, 0) is 38.0 Å². The molecule has 7 heteroatoms. The van der Waals surface area contributed by atoms with Crippen LogP contribution in [0.1, 0.15) is 31.9 Å². The first kappa shape index (κ1) is 18.8. The summed E-state index contributed by atoms with van der Waals surface area (Å²) in [5.41, 5.74) is 0.636. The Morgan fingerprint density at radius 2 is 2.04 bits per heavy atom. The molecule has 0 saturated carbocycles. The number of nitrogens with zero attached hydrogens (tertiary/aromatic N) is 1. The number of ketones is 1. The van der Waals surface area contributed by atoms with Gasteiger partial charge in [-0.3, -0.25) is 9.59 Å². The standard InChI is InChI=1S/C18H23NO6/c1-4-25-14-10-12(6-7-13(14)21)16-15(11(2)20)17(22)18(23)19(16)8-5-9-24-3/h6-7,10,16,21-22H,4-5,8-9H2,1-3H3/t16-/m1/s1. The zero-order valence-electron chi connectivity index (χ0n) is 14.6. The molecule has 7 nitrogen and oxygen atoms in total. The maximum atomic E-state index is 12.4. The number of carbonyl (C=O) groups is 2. The number of phenols is 1. The minimum atomic E-state index is -0.721. The predicted octanol–water partition coefficient (Wildman–Crippen LogP) is 2.11. The number of carbonyl (C=O) groups excluding carboxylic acids is 2. The Morgan fingerprint density at radius 3 is 2.64 bits per heavy atom. The summed E-state index contributed by atoms with van der Waals surface area (Å²) in [6.45, 7) is 4.23. The number of Topliss-reactive ketones (excluding diaryl/α,β-unsaturated/α-hetero) is 1. The van der Waals surface area contributed by atoms with E-state index in [-0.39, 0.29) is 22.9 Å². The van der Waals surface area contributed by atoms with Crippen molar-refractivity contribution in [3.05, 3.63) is 35.1 Å². The molecule has 1 aromatic carbocycles. The van der Waals surface area contributed by atoms with Crippen LogP contribution in [0.5, 0.6) is 11.5 Å². The van der Waals surface area contributed by atoms with E-state index in [1.165, 1.54) is 17.9 Å². The molecule has 1 aromatic rings. The lowest BCUT2D eigenvalue weighted by atomic mass is 9.96. The zero-order valence-corrected chi connectivity index (χ0v) is 14.6. The van der Waals surface area contributed by atoms with Gasteiger partial charge in [0.2, 0.25) is 0 Å². The molecule has 0 radical (unpaired) electrons. The van der Waals surface area contributed by atoms with Crippen molar-refractivity contribution in [1.29, 1.82) is 0 Å². The Labute approximate surface area is 146 Å². The van der Waals surface area contributed by atoms with E-state index < -0.39 is 17.7 Å². The molecule has 25 heavy (non-hydrogen) atoms. The van der Waals surface area contributed by atoms with Crippen LogP contribution in [0, 0.1) is 0 Å². The van der Waals surface area contributed by atoms with E-state index in [4.69, 9.17) is 9.47 Å². The van der Waals surface area contributed by atoms with Crippen LogP contribution < -0.4 is 4.74 Å². The van der Waals surface area contributed by atoms with Gasteiger partial charge in [0.25, 0.3) is 5.91 Å². The van der Waals surface area contributed by atoms with Crippen molar-refractivity contribution in [2.45, 2.75) is 26.3 Å². The quantitative estimate of drug-likeness (QED) is 0.698. The van der Waals surface area contributed by atoms with Gasteiger partial charge in [-0.15, -0.1) is 0 Å². The van der Waals surface area contributed by atoms with Crippen LogP contribution in [0.3, 0.4) is 0 Å². The van der Waals surface area contributed by atoms with Gasteiger partial charge in [0, 0.05) is 20.3 Å². The van der Waals surface area contributed by atoms with Gasteiger partial charge in [-0.25, -0.2) is 0 Å². The number of hydrogen-bond donors (Lipinski definition) is 2. The van der Waals surface area contributed by atoms with E-state index >= 15 is 0 Å². The van der Waals surface area contributed by atoms with Crippen molar-refractivity contribution in [3.8, 4) is 11.5 Å². The number of ether oxygens (including phenoxy) is 2. The minimum absolute atomic E-state index is 0.0292. The Morgan fingerprint density at radius 1 is 1.32 bits per heavy atom. The molecule has 0 spiro atoms. The van der Waals surface area contributed by atoms with Gasteiger partial charge in [-0.1, -0.05) is 6.07 Å². The molecule has 136 valence electrons. The van der Waals surface area contributed by atoms with E-state index in [0.717, 1.165) is 0 Å². The number of aromatic hydroxyl groups is 1. The summed E-state index contributed by atoms with van der Waals surface area (Å²) in [5.74, 6) is -1.26. The van der Waals surface area contributed by atoms with Gasteiger partial charge in [0.15, 0.2) is 23.0 Å². The SMILES string of the molecule is CCOc1cc([C@@H]2C(C(C)=O)=C(O)C(=O)N2CCCOC)ccc1O. The molecular formula is C18H23NO6. The summed E-state index contributed by atoms with van der Waals surface area (Å²) in [5, 5.41) is 20.0. The molecule has 0 aliphatic carbocycles. The summed E-state index contributed by atoms with van der Waals surface area (Å²) in [7, 11) is 1.56. The van der Waals surface area contributed by atoms with E-state index in [1.54, 1.807) is 26.2 Å². The number of methoxy groups -OCH3 is 1. The highest BCUT2D eigenvalue weighted by Gasteiger charge is 2.42. The molecule has 0 fully saturated rings. The third-order valence-electron chi connectivity index (χ3n) is 4.03. The summed E-state index contributed by atoms with van der Waals surface area (Å²) in [6.07, 6.45) is 0.563. The van der Waals surface area contributed by atoms with Gasteiger partial charge < -0.3 is 24.6 Å². The largest absolute Gasteiger partial charge is 0.504 e. The molecule has 0 bridgehead atoms. The second kappa shape index (κ2) is 8.02. The second-order valence-electron chi connectivity index (χ2n) is 5.73. The van der Waals surface area contributed by atoms with Crippen LogP contribution in [-0.2, 0) is 14.3 Å². The highest BCUT2D eigenvalue weighted by atomic mass is 16.5. The monoisotopic (exact) mass is 349 g/mol. The first-order valence-corrected chi connectivity index (χ1v) is 8.12. The van der Waals surface area contributed by atoms with E-state index in [2.05, 4.69) is 0 Å². The maximum absolute atomic E-state index is 12.4. The first-order chi connectivity index (χ1) is 11.9. The number of phenolic OH excluding ortho intramolecular Hbond substituents is 1. The molecule has 0 unspecified atom stereocenters. The van der Waals surface area contributed by atoms with Crippen molar-refractivity contribution >= 4 is 11.7 Å². The molecule has 0 aromatic heterocycles. The van der Waals surface area contributed by atoms with Gasteiger partial charge >= 0.3 is 0 Å². The van der Waals surface area contributed by atoms with Crippen molar-refractivity contribution in [2.24, 2.45) is 0 Å². The maximum Gasteiger partial charge on any atom is 0.290 e. The fourth-order valence-electron chi connectivity index (χ4n) is 2.94. The van der Waals surface area contributed by atoms with Crippen LogP contribution in [0.2, 0.25) is 0 Å². The third-order valence-corrected chi connectivity index (χ3v) is 4.03. The molecule has 2 rings (SSSR count). The fraction of sp³-hybridized carbons (Fsp3) is 0.444. The van der Waals surface area contributed by atoms with Crippen molar-refractivity contribution < 1.29 is 29.3 Å². The van der Waals surface area contributed by atoms with Gasteiger partial charge in [-0.2, -0.15) is 0 Å². The Balaban J connectivity index is 2.45. The van der Waals surface area contributed by atoms with Crippen LogP contribution >= 0.6 is 0 Å². The Bertz CT molecular complexity index is 697. The predicted molar refractivity (Wildman–Crippen MR) is 90.6 cm³/mol. The first-order valence-electron chi connectivity index (χ1n) is 8.12. The number of benzene rings is 1. The number of hydrogen-bond acceptors (Lipinski definition) is 6. The van der Waals surface area contributed by atoms with Crippen molar-refractivity contribution in [3.63, 3.8) is 0 Å². The van der Waals surface area contributed by atoms with Crippen LogP contribution in [0.15, 0.2) is 29.5 Å². The zero-order chi connectivity index (χ0) is 18.6. The molecule has 2 N–H and O–H groups in total. The average molecular weight is 349 g/mol. The molecule has 0 saturated heterocycles. The number of amides is 1. The minimum Gasteiger partial charge on any atom is -0.504 e.